The molecule has 1 fully saturated rings. The molecule has 3 rings (SSSR count). The lowest BCUT2D eigenvalue weighted by atomic mass is 10.1. The lowest BCUT2D eigenvalue weighted by Gasteiger charge is -2.36. The Morgan fingerprint density at radius 3 is 2.18 bits per heavy atom. The van der Waals surface area contributed by atoms with Crippen molar-refractivity contribution in [1.29, 1.82) is 0 Å². The molecular weight excluding hydrogens is 352 g/mol. The minimum atomic E-state index is -0.560. The summed E-state index contributed by atoms with van der Waals surface area (Å²) in [7, 11) is 0. The molecule has 3 amide bonds. The van der Waals surface area contributed by atoms with Crippen molar-refractivity contribution >= 4 is 17.6 Å². The SMILES string of the molecule is C[C@@H](NC(=O)N1CCN(c2ccccc2)CC1)C(=O)NCCc1ccccc1. The van der Waals surface area contributed by atoms with E-state index < -0.39 is 6.04 Å². The molecule has 1 atom stereocenters. The van der Waals surface area contributed by atoms with Crippen LogP contribution in [0.5, 0.6) is 0 Å². The number of piperazine rings is 1. The first-order chi connectivity index (χ1) is 13.6. The van der Waals surface area contributed by atoms with Gasteiger partial charge in [-0.15, -0.1) is 0 Å². The fraction of sp³-hybridized carbons (Fsp3) is 0.364. The Bertz CT molecular complexity index is 759. The molecule has 0 saturated carbocycles. The van der Waals surface area contributed by atoms with Gasteiger partial charge in [-0.1, -0.05) is 48.5 Å². The molecule has 1 heterocycles. The third-order valence-electron chi connectivity index (χ3n) is 4.98. The number of rotatable bonds is 6. The van der Waals surface area contributed by atoms with Crippen LogP contribution < -0.4 is 15.5 Å². The van der Waals surface area contributed by atoms with Crippen LogP contribution in [0.15, 0.2) is 60.7 Å². The number of nitrogens with zero attached hydrogens (tertiary/aromatic N) is 2. The van der Waals surface area contributed by atoms with Crippen LogP contribution >= 0.6 is 0 Å². The summed E-state index contributed by atoms with van der Waals surface area (Å²) >= 11 is 0. The second-order valence-electron chi connectivity index (χ2n) is 7.01. The molecule has 6 nitrogen and oxygen atoms in total. The van der Waals surface area contributed by atoms with E-state index in [9.17, 15) is 9.59 Å². The van der Waals surface area contributed by atoms with Crippen LogP contribution in [-0.4, -0.2) is 55.6 Å². The molecule has 2 aromatic rings. The van der Waals surface area contributed by atoms with Gasteiger partial charge in [0.25, 0.3) is 0 Å². The fourth-order valence-corrected chi connectivity index (χ4v) is 3.28. The molecule has 0 aromatic heterocycles. The van der Waals surface area contributed by atoms with Gasteiger partial charge in [-0.2, -0.15) is 0 Å². The molecular formula is C22H28N4O2. The monoisotopic (exact) mass is 380 g/mol. The van der Waals surface area contributed by atoms with Gasteiger partial charge in [-0.05, 0) is 31.0 Å². The smallest absolute Gasteiger partial charge is 0.318 e. The maximum atomic E-state index is 12.5. The number of para-hydroxylation sites is 1. The second-order valence-corrected chi connectivity index (χ2v) is 7.01. The van der Waals surface area contributed by atoms with Crippen LogP contribution in [0.4, 0.5) is 10.5 Å². The molecule has 0 bridgehead atoms. The average Bonchev–Trinajstić information content (AvgIpc) is 2.75. The first-order valence-electron chi connectivity index (χ1n) is 9.80. The molecule has 0 spiro atoms. The maximum absolute atomic E-state index is 12.5. The van der Waals surface area contributed by atoms with E-state index in [1.54, 1.807) is 11.8 Å². The number of carbonyl (C=O) groups excluding carboxylic acids is 2. The highest BCUT2D eigenvalue weighted by atomic mass is 16.2. The fourth-order valence-electron chi connectivity index (χ4n) is 3.28. The summed E-state index contributed by atoms with van der Waals surface area (Å²) in [5, 5.41) is 5.70. The van der Waals surface area contributed by atoms with Crippen LogP contribution in [0, 0.1) is 0 Å². The summed E-state index contributed by atoms with van der Waals surface area (Å²) in [5.41, 5.74) is 2.35. The van der Waals surface area contributed by atoms with Crippen LogP contribution in [-0.2, 0) is 11.2 Å². The summed E-state index contributed by atoms with van der Waals surface area (Å²) in [5.74, 6) is -0.160. The van der Waals surface area contributed by atoms with Gasteiger partial charge < -0.3 is 20.4 Å². The van der Waals surface area contributed by atoms with Crippen molar-refractivity contribution in [3.63, 3.8) is 0 Å². The Labute approximate surface area is 166 Å². The van der Waals surface area contributed by atoms with E-state index in [-0.39, 0.29) is 11.9 Å². The zero-order valence-electron chi connectivity index (χ0n) is 16.3. The van der Waals surface area contributed by atoms with Gasteiger partial charge in [-0.3, -0.25) is 4.79 Å². The van der Waals surface area contributed by atoms with E-state index in [4.69, 9.17) is 0 Å². The van der Waals surface area contributed by atoms with Crippen molar-refractivity contribution in [1.82, 2.24) is 15.5 Å². The van der Waals surface area contributed by atoms with Crippen molar-refractivity contribution in [2.75, 3.05) is 37.6 Å². The number of hydrogen-bond acceptors (Lipinski definition) is 3. The third-order valence-corrected chi connectivity index (χ3v) is 4.98. The Balaban J connectivity index is 1.38. The third kappa shape index (κ3) is 5.49. The highest BCUT2D eigenvalue weighted by Crippen LogP contribution is 2.15. The zero-order chi connectivity index (χ0) is 19.8. The van der Waals surface area contributed by atoms with Crippen molar-refractivity contribution < 1.29 is 9.59 Å². The summed E-state index contributed by atoms with van der Waals surface area (Å²) < 4.78 is 0. The lowest BCUT2D eigenvalue weighted by Crippen LogP contribution is -2.55. The Morgan fingerprint density at radius 2 is 1.54 bits per heavy atom. The molecule has 0 aliphatic carbocycles. The average molecular weight is 380 g/mol. The Hall–Kier alpha value is -3.02. The van der Waals surface area contributed by atoms with Gasteiger partial charge in [0.1, 0.15) is 6.04 Å². The van der Waals surface area contributed by atoms with Crippen molar-refractivity contribution in [2.45, 2.75) is 19.4 Å². The predicted molar refractivity (Wildman–Crippen MR) is 111 cm³/mol. The second kappa shape index (κ2) is 9.78. The highest BCUT2D eigenvalue weighted by molar-refractivity contribution is 5.86. The quantitative estimate of drug-likeness (QED) is 0.808. The molecule has 1 aliphatic heterocycles. The van der Waals surface area contributed by atoms with Crippen LogP contribution in [0.25, 0.3) is 0 Å². The molecule has 1 saturated heterocycles. The Kier molecular flexibility index (Phi) is 6.89. The highest BCUT2D eigenvalue weighted by Gasteiger charge is 2.23. The van der Waals surface area contributed by atoms with Gasteiger partial charge >= 0.3 is 6.03 Å². The zero-order valence-corrected chi connectivity index (χ0v) is 16.3. The first kappa shape index (κ1) is 19.7. The molecule has 2 aromatic carbocycles. The number of anilines is 1. The van der Waals surface area contributed by atoms with E-state index >= 15 is 0 Å². The van der Waals surface area contributed by atoms with Gasteiger partial charge in [0.15, 0.2) is 0 Å². The number of amides is 3. The Morgan fingerprint density at radius 1 is 0.929 bits per heavy atom. The largest absolute Gasteiger partial charge is 0.368 e. The van der Waals surface area contributed by atoms with Gasteiger partial charge in [0.05, 0.1) is 0 Å². The van der Waals surface area contributed by atoms with E-state index in [0.717, 1.165) is 19.5 Å². The standard InChI is InChI=1S/C22H28N4O2/c1-18(21(27)23-13-12-19-8-4-2-5-9-19)24-22(28)26-16-14-25(15-17-26)20-10-6-3-7-11-20/h2-11,18H,12-17H2,1H3,(H,23,27)(H,24,28)/t18-/m1/s1. The topological polar surface area (TPSA) is 64.7 Å². The van der Waals surface area contributed by atoms with Crippen molar-refractivity contribution in [3.8, 4) is 0 Å². The van der Waals surface area contributed by atoms with E-state index in [0.29, 0.717) is 19.6 Å². The van der Waals surface area contributed by atoms with Gasteiger partial charge in [0, 0.05) is 38.4 Å². The van der Waals surface area contributed by atoms with Crippen LogP contribution in [0.1, 0.15) is 12.5 Å². The molecule has 28 heavy (non-hydrogen) atoms. The van der Waals surface area contributed by atoms with Crippen LogP contribution in [0.2, 0.25) is 0 Å². The number of benzene rings is 2. The molecule has 148 valence electrons. The molecule has 0 unspecified atom stereocenters. The lowest BCUT2D eigenvalue weighted by molar-refractivity contribution is -0.122. The minimum Gasteiger partial charge on any atom is -0.368 e. The molecule has 0 radical (unpaired) electrons. The van der Waals surface area contributed by atoms with E-state index in [1.807, 2.05) is 48.5 Å². The normalized spacial score (nSPS) is 15.0. The number of nitrogens with one attached hydrogen (secondary N) is 2. The maximum Gasteiger partial charge on any atom is 0.318 e. The summed E-state index contributed by atoms with van der Waals surface area (Å²) in [6.07, 6.45) is 0.773. The van der Waals surface area contributed by atoms with E-state index in [2.05, 4.69) is 27.7 Å². The number of carbonyl (C=O) groups is 2. The first-order valence-corrected chi connectivity index (χ1v) is 9.80. The summed E-state index contributed by atoms with van der Waals surface area (Å²) in [6.45, 7) is 5.13. The van der Waals surface area contributed by atoms with Gasteiger partial charge in [-0.25, -0.2) is 4.79 Å². The molecule has 1 aliphatic rings. The van der Waals surface area contributed by atoms with Crippen molar-refractivity contribution in [2.24, 2.45) is 0 Å². The number of urea groups is 1. The summed E-state index contributed by atoms with van der Waals surface area (Å²) in [6, 6.07) is 19.5. The molecule has 2 N–H and O–H groups in total. The number of hydrogen-bond donors (Lipinski definition) is 2. The molecule has 6 heteroatoms. The van der Waals surface area contributed by atoms with Crippen molar-refractivity contribution in [3.05, 3.63) is 66.2 Å². The predicted octanol–water partition coefficient (Wildman–Crippen LogP) is 2.27. The minimum absolute atomic E-state index is 0.160. The van der Waals surface area contributed by atoms with Crippen LogP contribution in [0.3, 0.4) is 0 Å². The van der Waals surface area contributed by atoms with Gasteiger partial charge in [0.2, 0.25) is 5.91 Å². The van der Waals surface area contributed by atoms with E-state index in [1.165, 1.54) is 11.3 Å². The summed E-state index contributed by atoms with van der Waals surface area (Å²) in [4.78, 5) is 28.7.